The van der Waals surface area contributed by atoms with Gasteiger partial charge >= 0.3 is 0 Å². The van der Waals surface area contributed by atoms with E-state index in [0.717, 1.165) is 29.6 Å². The third kappa shape index (κ3) is 3.40. The maximum Gasteiger partial charge on any atom is 0.225 e. The molecule has 1 saturated carbocycles. The van der Waals surface area contributed by atoms with E-state index in [1.54, 1.807) is 10.7 Å². The second kappa shape index (κ2) is 7.05. The number of hydrogen-bond acceptors (Lipinski definition) is 3. The van der Waals surface area contributed by atoms with Gasteiger partial charge in [-0.05, 0) is 30.4 Å². The molecule has 0 saturated heterocycles. The smallest absolute Gasteiger partial charge is 0.225 e. The molecule has 1 N–H and O–H groups in total. The Hall–Kier alpha value is -2.69. The summed E-state index contributed by atoms with van der Waals surface area (Å²) in [6.45, 7) is 0. The van der Waals surface area contributed by atoms with Gasteiger partial charge in [-0.1, -0.05) is 49.6 Å². The predicted octanol–water partition coefficient (Wildman–Crippen LogP) is 4.31. The number of nitrogens with one attached hydrogen (secondary N) is 1. The largest absolute Gasteiger partial charge is 0.309 e. The number of hydrogen-bond donors (Lipinski definition) is 1. The maximum absolute atomic E-state index is 12.6. The van der Waals surface area contributed by atoms with Gasteiger partial charge in [0.05, 0.1) is 5.56 Å². The molecule has 2 aromatic heterocycles. The molecule has 0 bridgehead atoms. The van der Waals surface area contributed by atoms with E-state index in [-0.39, 0.29) is 5.91 Å². The van der Waals surface area contributed by atoms with Crippen molar-refractivity contribution in [2.75, 3.05) is 5.32 Å². The first-order valence-electron chi connectivity index (χ1n) is 9.00. The fourth-order valence-electron chi connectivity index (χ4n) is 3.68. The highest BCUT2D eigenvalue weighted by Gasteiger charge is 2.21. The van der Waals surface area contributed by atoms with Gasteiger partial charge in [-0.15, -0.1) is 5.10 Å². The molecule has 1 aliphatic rings. The molecule has 1 aliphatic carbocycles. The highest BCUT2D eigenvalue weighted by Crippen LogP contribution is 2.32. The van der Waals surface area contributed by atoms with Crippen LogP contribution in [0.15, 0.2) is 48.8 Å². The van der Waals surface area contributed by atoms with E-state index < -0.39 is 0 Å². The second-order valence-corrected chi connectivity index (χ2v) is 6.73. The van der Waals surface area contributed by atoms with Crippen molar-refractivity contribution in [1.82, 2.24) is 14.6 Å². The fourth-order valence-corrected chi connectivity index (χ4v) is 3.68. The van der Waals surface area contributed by atoms with E-state index in [2.05, 4.69) is 15.4 Å². The summed E-state index contributed by atoms with van der Waals surface area (Å²) in [6.07, 6.45) is 10.3. The minimum Gasteiger partial charge on any atom is -0.309 e. The molecular weight excluding hydrogens is 312 g/mol. The number of carbonyl (C=O) groups is 1. The van der Waals surface area contributed by atoms with Crippen LogP contribution >= 0.6 is 0 Å². The number of amides is 1. The first kappa shape index (κ1) is 15.8. The standard InChI is InChI=1S/C20H22N4O/c25-17(14-15-8-3-1-4-9-15)22-19-18(16-10-5-2-6-11-16)20-21-12-7-13-24(20)23-19/h2,5-7,10-13,15H,1,3-4,8-9,14H2,(H,22,23,25). The number of rotatable bonds is 4. The topological polar surface area (TPSA) is 59.3 Å². The fraction of sp³-hybridized carbons (Fsp3) is 0.350. The van der Waals surface area contributed by atoms with E-state index in [1.165, 1.54) is 19.3 Å². The Kier molecular flexibility index (Phi) is 4.46. The van der Waals surface area contributed by atoms with Crippen molar-refractivity contribution < 1.29 is 4.79 Å². The van der Waals surface area contributed by atoms with Crippen LogP contribution in [0.4, 0.5) is 5.82 Å². The summed E-state index contributed by atoms with van der Waals surface area (Å²) < 4.78 is 1.72. The van der Waals surface area contributed by atoms with Crippen molar-refractivity contribution in [3.05, 3.63) is 48.8 Å². The van der Waals surface area contributed by atoms with Crippen LogP contribution in [0.25, 0.3) is 16.8 Å². The number of anilines is 1. The van der Waals surface area contributed by atoms with Gasteiger partial charge in [0.2, 0.25) is 5.91 Å². The lowest BCUT2D eigenvalue weighted by Gasteiger charge is -2.20. The van der Waals surface area contributed by atoms with Crippen molar-refractivity contribution in [2.24, 2.45) is 5.92 Å². The molecule has 0 atom stereocenters. The van der Waals surface area contributed by atoms with E-state index in [9.17, 15) is 4.79 Å². The summed E-state index contributed by atoms with van der Waals surface area (Å²) in [7, 11) is 0. The van der Waals surface area contributed by atoms with Gasteiger partial charge in [-0.3, -0.25) is 4.79 Å². The molecule has 5 heteroatoms. The molecule has 4 rings (SSSR count). The first-order chi connectivity index (χ1) is 12.3. The molecule has 5 nitrogen and oxygen atoms in total. The highest BCUT2D eigenvalue weighted by atomic mass is 16.1. The summed E-state index contributed by atoms with van der Waals surface area (Å²) in [6, 6.07) is 11.8. The molecule has 0 radical (unpaired) electrons. The molecule has 25 heavy (non-hydrogen) atoms. The van der Waals surface area contributed by atoms with Crippen LogP contribution in [-0.2, 0) is 4.79 Å². The van der Waals surface area contributed by atoms with Crippen LogP contribution in [0.3, 0.4) is 0 Å². The lowest BCUT2D eigenvalue weighted by molar-refractivity contribution is -0.117. The van der Waals surface area contributed by atoms with Crippen molar-refractivity contribution in [1.29, 1.82) is 0 Å². The second-order valence-electron chi connectivity index (χ2n) is 6.73. The minimum atomic E-state index is 0.0486. The Labute approximate surface area is 147 Å². The SMILES string of the molecule is O=C(CC1CCCCC1)Nc1nn2cccnc2c1-c1ccccc1. The normalized spacial score (nSPS) is 15.4. The van der Waals surface area contributed by atoms with Crippen molar-refractivity contribution in [3.8, 4) is 11.1 Å². The lowest BCUT2D eigenvalue weighted by Crippen LogP contribution is -2.18. The van der Waals surface area contributed by atoms with Gasteiger partial charge in [-0.25, -0.2) is 9.50 Å². The molecule has 1 fully saturated rings. The summed E-state index contributed by atoms with van der Waals surface area (Å²) in [5, 5.41) is 7.58. The van der Waals surface area contributed by atoms with Gasteiger partial charge < -0.3 is 5.32 Å². The molecule has 1 aromatic carbocycles. The van der Waals surface area contributed by atoms with Crippen LogP contribution < -0.4 is 5.32 Å². The van der Waals surface area contributed by atoms with Crippen LogP contribution in [-0.4, -0.2) is 20.5 Å². The van der Waals surface area contributed by atoms with Crippen LogP contribution in [0.1, 0.15) is 38.5 Å². The third-order valence-electron chi connectivity index (χ3n) is 4.91. The molecule has 3 aromatic rings. The lowest BCUT2D eigenvalue weighted by atomic mass is 9.87. The summed E-state index contributed by atoms with van der Waals surface area (Å²) in [5.41, 5.74) is 2.63. The maximum atomic E-state index is 12.6. The zero-order chi connectivity index (χ0) is 17.1. The van der Waals surface area contributed by atoms with Crippen molar-refractivity contribution in [3.63, 3.8) is 0 Å². The number of nitrogens with zero attached hydrogens (tertiary/aromatic N) is 3. The van der Waals surface area contributed by atoms with Gasteiger partial charge in [-0.2, -0.15) is 0 Å². The van der Waals surface area contributed by atoms with Gasteiger partial charge in [0, 0.05) is 18.8 Å². The molecule has 0 unspecified atom stereocenters. The molecule has 2 heterocycles. The molecule has 128 valence electrons. The highest BCUT2D eigenvalue weighted by molar-refractivity contribution is 5.97. The monoisotopic (exact) mass is 334 g/mol. The number of aromatic nitrogens is 3. The van der Waals surface area contributed by atoms with E-state index in [1.807, 2.05) is 42.6 Å². The van der Waals surface area contributed by atoms with Gasteiger partial charge in [0.25, 0.3) is 0 Å². The predicted molar refractivity (Wildman–Crippen MR) is 98.2 cm³/mol. The number of benzene rings is 1. The van der Waals surface area contributed by atoms with Crippen LogP contribution in [0, 0.1) is 5.92 Å². The van der Waals surface area contributed by atoms with Gasteiger partial charge in [0.1, 0.15) is 0 Å². The molecule has 1 amide bonds. The van der Waals surface area contributed by atoms with Crippen molar-refractivity contribution in [2.45, 2.75) is 38.5 Å². The Bertz CT molecular complexity index is 866. The van der Waals surface area contributed by atoms with Crippen LogP contribution in [0.5, 0.6) is 0 Å². The first-order valence-corrected chi connectivity index (χ1v) is 9.00. The van der Waals surface area contributed by atoms with Crippen molar-refractivity contribution >= 4 is 17.4 Å². The number of fused-ring (bicyclic) bond motifs is 1. The molecular formula is C20H22N4O. The Morgan fingerprint density at radius 1 is 1.12 bits per heavy atom. The van der Waals surface area contributed by atoms with Crippen LogP contribution in [0.2, 0.25) is 0 Å². The van der Waals surface area contributed by atoms with Gasteiger partial charge in [0.15, 0.2) is 11.5 Å². The Morgan fingerprint density at radius 3 is 2.72 bits per heavy atom. The number of carbonyl (C=O) groups excluding carboxylic acids is 1. The zero-order valence-corrected chi connectivity index (χ0v) is 14.2. The molecule has 0 spiro atoms. The Morgan fingerprint density at radius 2 is 1.92 bits per heavy atom. The summed E-state index contributed by atoms with van der Waals surface area (Å²) in [5.74, 6) is 1.14. The summed E-state index contributed by atoms with van der Waals surface area (Å²) >= 11 is 0. The van der Waals surface area contributed by atoms with E-state index in [0.29, 0.717) is 18.2 Å². The average Bonchev–Trinajstić information content (AvgIpc) is 3.01. The zero-order valence-electron chi connectivity index (χ0n) is 14.2. The average molecular weight is 334 g/mol. The summed E-state index contributed by atoms with van der Waals surface area (Å²) in [4.78, 5) is 17.0. The molecule has 0 aliphatic heterocycles. The third-order valence-corrected chi connectivity index (χ3v) is 4.91. The Balaban J connectivity index is 1.63. The van der Waals surface area contributed by atoms with E-state index in [4.69, 9.17) is 0 Å². The minimum absolute atomic E-state index is 0.0486. The quantitative estimate of drug-likeness (QED) is 0.773. The van der Waals surface area contributed by atoms with E-state index >= 15 is 0 Å².